The van der Waals surface area contributed by atoms with Crippen molar-refractivity contribution in [1.82, 2.24) is 9.88 Å². The number of carbonyl (C=O) groups excluding carboxylic acids is 1. The van der Waals surface area contributed by atoms with Crippen LogP contribution >= 0.6 is 23.1 Å². The predicted octanol–water partition coefficient (Wildman–Crippen LogP) is 5.22. The number of rotatable bonds is 5. The van der Waals surface area contributed by atoms with Gasteiger partial charge in [0.25, 0.3) is 0 Å². The average Bonchev–Trinajstić information content (AvgIpc) is 3.05. The molecule has 0 radical (unpaired) electrons. The lowest BCUT2D eigenvalue weighted by Crippen LogP contribution is -2.31. The molecule has 3 nitrogen and oxygen atoms in total. The number of fused-ring (bicyclic) bond motifs is 1. The third-order valence-corrected chi connectivity index (χ3v) is 6.69. The fourth-order valence-corrected chi connectivity index (χ4v) is 4.66. The third kappa shape index (κ3) is 4.05. The zero-order chi connectivity index (χ0) is 18.0. The van der Waals surface area contributed by atoms with Crippen LogP contribution in [0, 0.1) is 13.8 Å². The molecule has 25 heavy (non-hydrogen) atoms. The Bertz CT molecular complexity index is 871. The van der Waals surface area contributed by atoms with Gasteiger partial charge in [0.1, 0.15) is 5.01 Å². The molecule has 0 aliphatic heterocycles. The van der Waals surface area contributed by atoms with Gasteiger partial charge in [0, 0.05) is 11.9 Å². The van der Waals surface area contributed by atoms with Crippen LogP contribution in [-0.2, 0) is 4.79 Å². The Kier molecular flexibility index (Phi) is 5.45. The molecule has 3 aromatic rings. The van der Waals surface area contributed by atoms with E-state index < -0.39 is 0 Å². The molecule has 0 spiro atoms. The number of hydrogen-bond acceptors (Lipinski definition) is 4. The highest BCUT2D eigenvalue weighted by Gasteiger charge is 2.20. The van der Waals surface area contributed by atoms with Gasteiger partial charge in [0.15, 0.2) is 0 Å². The van der Waals surface area contributed by atoms with E-state index in [2.05, 4.69) is 43.1 Å². The first-order valence-corrected chi connectivity index (χ1v) is 10.1. The minimum absolute atomic E-state index is 0.0240. The van der Waals surface area contributed by atoms with Crippen molar-refractivity contribution in [2.24, 2.45) is 0 Å². The second kappa shape index (κ2) is 7.58. The Labute approximate surface area is 157 Å². The molecule has 0 N–H and O–H groups in total. The molecule has 3 rings (SSSR count). The Morgan fingerprint density at radius 3 is 2.76 bits per heavy atom. The van der Waals surface area contributed by atoms with Crippen molar-refractivity contribution in [3.63, 3.8) is 0 Å². The van der Waals surface area contributed by atoms with E-state index in [0.29, 0.717) is 5.75 Å². The van der Waals surface area contributed by atoms with Crippen LogP contribution in [-0.4, -0.2) is 28.6 Å². The minimum Gasteiger partial charge on any atom is -0.336 e. The van der Waals surface area contributed by atoms with Crippen LogP contribution in [0.1, 0.15) is 29.1 Å². The zero-order valence-electron chi connectivity index (χ0n) is 14.9. The fourth-order valence-electron chi connectivity index (χ4n) is 2.55. The molecule has 0 saturated heterocycles. The number of amides is 1. The van der Waals surface area contributed by atoms with E-state index in [0.717, 1.165) is 15.2 Å². The first-order chi connectivity index (χ1) is 12.0. The summed E-state index contributed by atoms with van der Waals surface area (Å²) in [6, 6.07) is 14.4. The number of benzene rings is 2. The molecule has 5 heteroatoms. The highest BCUT2D eigenvalue weighted by molar-refractivity contribution is 8.00. The largest absolute Gasteiger partial charge is 0.336 e. The Morgan fingerprint density at radius 2 is 2.00 bits per heavy atom. The van der Waals surface area contributed by atoms with Crippen LogP contribution in [0.15, 0.2) is 47.4 Å². The summed E-state index contributed by atoms with van der Waals surface area (Å²) in [6.45, 7) is 6.20. The van der Waals surface area contributed by atoms with E-state index in [1.165, 1.54) is 16.0 Å². The number of aromatic nitrogens is 1. The van der Waals surface area contributed by atoms with E-state index in [-0.39, 0.29) is 11.9 Å². The molecule has 1 unspecified atom stereocenters. The van der Waals surface area contributed by atoms with Gasteiger partial charge in [-0.25, -0.2) is 4.98 Å². The second-order valence-corrected chi connectivity index (χ2v) is 8.34. The molecular weight excluding hydrogens is 348 g/mol. The normalized spacial score (nSPS) is 12.3. The van der Waals surface area contributed by atoms with Gasteiger partial charge < -0.3 is 4.90 Å². The fraction of sp³-hybridized carbons (Fsp3) is 0.300. The van der Waals surface area contributed by atoms with Gasteiger partial charge in [0.05, 0.1) is 22.0 Å². The van der Waals surface area contributed by atoms with E-state index in [1.54, 1.807) is 28.0 Å². The van der Waals surface area contributed by atoms with Gasteiger partial charge in [-0.15, -0.1) is 23.1 Å². The highest BCUT2D eigenvalue weighted by Crippen LogP contribution is 2.30. The van der Waals surface area contributed by atoms with Gasteiger partial charge in [0.2, 0.25) is 5.91 Å². The molecule has 0 aliphatic rings. The van der Waals surface area contributed by atoms with Gasteiger partial charge in [-0.1, -0.05) is 29.8 Å². The predicted molar refractivity (Wildman–Crippen MR) is 107 cm³/mol. The van der Waals surface area contributed by atoms with Crippen LogP contribution in [0.25, 0.3) is 10.2 Å². The van der Waals surface area contributed by atoms with Crippen molar-refractivity contribution < 1.29 is 4.79 Å². The zero-order valence-corrected chi connectivity index (χ0v) is 16.6. The van der Waals surface area contributed by atoms with Crippen LogP contribution in [0.3, 0.4) is 0 Å². The number of thiazole rings is 1. The summed E-state index contributed by atoms with van der Waals surface area (Å²) in [4.78, 5) is 20.3. The lowest BCUT2D eigenvalue weighted by molar-refractivity contribution is -0.128. The maximum Gasteiger partial charge on any atom is 0.233 e. The summed E-state index contributed by atoms with van der Waals surface area (Å²) in [6.07, 6.45) is 0. The topological polar surface area (TPSA) is 33.2 Å². The first-order valence-electron chi connectivity index (χ1n) is 8.27. The van der Waals surface area contributed by atoms with Gasteiger partial charge in [-0.2, -0.15) is 0 Å². The number of nitrogens with zero attached hydrogens (tertiary/aromatic N) is 2. The standard InChI is InChI=1S/C20H22N2OS2/c1-13-9-10-14(2)18(11-13)24-12-19(23)22(4)15(3)20-21-16-7-5-6-8-17(16)25-20/h5-11,15H,12H2,1-4H3. The SMILES string of the molecule is Cc1ccc(C)c(SCC(=O)N(C)C(C)c2nc3ccccc3s2)c1. The summed E-state index contributed by atoms with van der Waals surface area (Å²) < 4.78 is 1.16. The van der Waals surface area contributed by atoms with Crippen molar-refractivity contribution in [2.45, 2.75) is 31.7 Å². The number of hydrogen-bond donors (Lipinski definition) is 0. The maximum atomic E-state index is 12.6. The lowest BCUT2D eigenvalue weighted by Gasteiger charge is -2.23. The van der Waals surface area contributed by atoms with Crippen LogP contribution in [0.2, 0.25) is 0 Å². The van der Waals surface area contributed by atoms with E-state index >= 15 is 0 Å². The van der Waals surface area contributed by atoms with Crippen LogP contribution < -0.4 is 0 Å². The van der Waals surface area contributed by atoms with Gasteiger partial charge >= 0.3 is 0 Å². The maximum absolute atomic E-state index is 12.6. The van der Waals surface area contributed by atoms with E-state index in [4.69, 9.17) is 0 Å². The molecule has 1 atom stereocenters. The van der Waals surface area contributed by atoms with Crippen LogP contribution in [0.4, 0.5) is 0 Å². The molecule has 0 bridgehead atoms. The van der Waals surface area contributed by atoms with Crippen molar-refractivity contribution in [2.75, 3.05) is 12.8 Å². The van der Waals surface area contributed by atoms with Crippen molar-refractivity contribution in [1.29, 1.82) is 0 Å². The molecule has 0 saturated carbocycles. The third-order valence-electron chi connectivity index (χ3n) is 4.34. The van der Waals surface area contributed by atoms with Crippen LogP contribution in [0.5, 0.6) is 0 Å². The number of para-hydroxylation sites is 1. The second-order valence-electron chi connectivity index (χ2n) is 6.26. The quantitative estimate of drug-likeness (QED) is 0.577. The van der Waals surface area contributed by atoms with Crippen molar-refractivity contribution >= 4 is 39.2 Å². The Morgan fingerprint density at radius 1 is 1.24 bits per heavy atom. The van der Waals surface area contributed by atoms with Gasteiger partial charge in [-0.05, 0) is 44.5 Å². The minimum atomic E-state index is -0.0240. The molecule has 130 valence electrons. The number of thioether (sulfide) groups is 1. The summed E-state index contributed by atoms with van der Waals surface area (Å²) >= 11 is 3.27. The van der Waals surface area contributed by atoms with E-state index in [1.807, 2.05) is 32.2 Å². The Hall–Kier alpha value is -1.85. The van der Waals surface area contributed by atoms with E-state index in [9.17, 15) is 4.79 Å². The highest BCUT2D eigenvalue weighted by atomic mass is 32.2. The Balaban J connectivity index is 1.67. The summed E-state index contributed by atoms with van der Waals surface area (Å²) in [7, 11) is 1.86. The molecule has 0 fully saturated rings. The molecular formula is C20H22N2OS2. The number of aryl methyl sites for hydroxylation is 2. The molecule has 2 aromatic carbocycles. The van der Waals surface area contributed by atoms with Gasteiger partial charge in [-0.3, -0.25) is 4.79 Å². The summed E-state index contributed by atoms with van der Waals surface area (Å²) in [5.41, 5.74) is 3.43. The monoisotopic (exact) mass is 370 g/mol. The number of carbonyl (C=O) groups is 1. The summed E-state index contributed by atoms with van der Waals surface area (Å²) in [5.74, 6) is 0.563. The summed E-state index contributed by atoms with van der Waals surface area (Å²) in [5, 5.41) is 0.980. The van der Waals surface area contributed by atoms with Crippen molar-refractivity contribution in [3.05, 3.63) is 58.6 Å². The van der Waals surface area contributed by atoms with Crippen molar-refractivity contribution in [3.8, 4) is 0 Å². The smallest absolute Gasteiger partial charge is 0.233 e. The molecule has 0 aliphatic carbocycles. The molecule has 1 amide bonds. The average molecular weight is 371 g/mol. The molecule has 1 heterocycles. The first kappa shape index (κ1) is 18.0. The molecule has 1 aromatic heterocycles. The lowest BCUT2D eigenvalue weighted by atomic mass is 10.2.